The molecule has 0 radical (unpaired) electrons. The van der Waals surface area contributed by atoms with Crippen molar-refractivity contribution in [1.82, 2.24) is 10.0 Å². The van der Waals surface area contributed by atoms with Crippen LogP contribution in [0.3, 0.4) is 0 Å². The first-order valence-electron chi connectivity index (χ1n) is 4.53. The Morgan fingerprint density at radius 2 is 1.92 bits per heavy atom. The van der Waals surface area contributed by atoms with Gasteiger partial charge in [-0.2, -0.15) is 0 Å². The summed E-state index contributed by atoms with van der Waals surface area (Å²) in [5, 5.41) is 2.92. The molecule has 0 saturated carbocycles. The van der Waals surface area contributed by atoms with Gasteiger partial charge in [-0.25, -0.2) is 14.8 Å². The van der Waals surface area contributed by atoms with Crippen molar-refractivity contribution in [2.45, 2.75) is 19.3 Å². The van der Waals surface area contributed by atoms with E-state index in [2.05, 4.69) is 0 Å². The zero-order valence-corrected chi connectivity index (χ0v) is 7.36. The second-order valence-corrected chi connectivity index (χ2v) is 3.21. The summed E-state index contributed by atoms with van der Waals surface area (Å²) in [6.45, 7) is 1.54. The highest BCUT2D eigenvalue weighted by atomic mass is 16.6. The van der Waals surface area contributed by atoms with Gasteiger partial charge in [0.1, 0.15) is 6.61 Å². The Balaban J connectivity index is 2.05. The average Bonchev–Trinajstić information content (AvgIpc) is 2.52. The summed E-state index contributed by atoms with van der Waals surface area (Å²) in [4.78, 5) is 22.5. The molecule has 2 rings (SSSR count). The number of carbonyl (C=O) groups is 2. The molecule has 13 heavy (non-hydrogen) atoms. The summed E-state index contributed by atoms with van der Waals surface area (Å²) >= 11 is 0. The van der Waals surface area contributed by atoms with E-state index in [1.165, 1.54) is 10.0 Å². The molecule has 2 aliphatic heterocycles. The standard InChI is InChI=1S/C8H12N2O3/c11-7-3-1-2-4-9(7)10-5-6-13-8(10)12/h1-6H2. The molecule has 0 unspecified atom stereocenters. The number of rotatable bonds is 1. The molecule has 5 nitrogen and oxygen atoms in total. The molecule has 0 spiro atoms. The van der Waals surface area contributed by atoms with Gasteiger partial charge in [0, 0.05) is 13.0 Å². The zero-order chi connectivity index (χ0) is 9.26. The first-order chi connectivity index (χ1) is 6.29. The Hall–Kier alpha value is -1.26. The molecular weight excluding hydrogens is 172 g/mol. The van der Waals surface area contributed by atoms with Crippen molar-refractivity contribution in [3.63, 3.8) is 0 Å². The largest absolute Gasteiger partial charge is 0.446 e. The SMILES string of the molecule is O=C1CCCCN1N1CCOC1=O. The van der Waals surface area contributed by atoms with Gasteiger partial charge < -0.3 is 4.74 Å². The number of cyclic esters (lactones) is 1. The molecule has 2 aliphatic rings. The number of hydrazine groups is 1. The summed E-state index contributed by atoms with van der Waals surface area (Å²) in [5.41, 5.74) is 0. The topological polar surface area (TPSA) is 49.9 Å². The Kier molecular flexibility index (Phi) is 2.08. The lowest BCUT2D eigenvalue weighted by atomic mass is 10.1. The Morgan fingerprint density at radius 1 is 1.08 bits per heavy atom. The molecule has 72 valence electrons. The maximum Gasteiger partial charge on any atom is 0.429 e. The van der Waals surface area contributed by atoms with Crippen molar-refractivity contribution < 1.29 is 14.3 Å². The molecule has 0 aliphatic carbocycles. The van der Waals surface area contributed by atoms with Gasteiger partial charge >= 0.3 is 6.09 Å². The Bertz CT molecular complexity index is 242. The number of ether oxygens (including phenoxy) is 1. The van der Waals surface area contributed by atoms with E-state index in [4.69, 9.17) is 4.74 Å². The number of nitrogens with zero attached hydrogens (tertiary/aromatic N) is 2. The molecule has 2 amide bonds. The normalized spacial score (nSPS) is 23.7. The van der Waals surface area contributed by atoms with Crippen molar-refractivity contribution in [3.05, 3.63) is 0 Å². The summed E-state index contributed by atoms with van der Waals surface area (Å²) in [6, 6.07) is 0. The highest BCUT2D eigenvalue weighted by Gasteiger charge is 2.32. The third kappa shape index (κ3) is 1.46. The smallest absolute Gasteiger partial charge is 0.429 e. The highest BCUT2D eigenvalue weighted by molar-refractivity contribution is 5.80. The Morgan fingerprint density at radius 3 is 2.54 bits per heavy atom. The van der Waals surface area contributed by atoms with Crippen LogP contribution in [0.1, 0.15) is 19.3 Å². The van der Waals surface area contributed by atoms with E-state index in [0.717, 1.165) is 12.8 Å². The first kappa shape index (κ1) is 8.34. The molecule has 0 aromatic rings. The van der Waals surface area contributed by atoms with E-state index in [1.807, 2.05) is 0 Å². The molecule has 0 atom stereocenters. The van der Waals surface area contributed by atoms with E-state index in [9.17, 15) is 9.59 Å². The van der Waals surface area contributed by atoms with Gasteiger partial charge in [0.15, 0.2) is 0 Å². The second-order valence-electron chi connectivity index (χ2n) is 3.21. The van der Waals surface area contributed by atoms with Crippen molar-refractivity contribution in [2.24, 2.45) is 0 Å². The average molecular weight is 184 g/mol. The van der Waals surface area contributed by atoms with Crippen molar-refractivity contribution >= 4 is 12.0 Å². The van der Waals surface area contributed by atoms with E-state index in [-0.39, 0.29) is 5.91 Å². The van der Waals surface area contributed by atoms with Crippen molar-refractivity contribution in [2.75, 3.05) is 19.7 Å². The lowest BCUT2D eigenvalue weighted by Gasteiger charge is -2.32. The first-order valence-corrected chi connectivity index (χ1v) is 4.53. The fraction of sp³-hybridized carbons (Fsp3) is 0.750. The van der Waals surface area contributed by atoms with E-state index in [0.29, 0.717) is 26.1 Å². The molecule has 0 aromatic heterocycles. The van der Waals surface area contributed by atoms with Crippen LogP contribution in [-0.2, 0) is 9.53 Å². The molecular formula is C8H12N2O3. The third-order valence-electron chi connectivity index (χ3n) is 2.33. The van der Waals surface area contributed by atoms with Crippen LogP contribution in [0.25, 0.3) is 0 Å². The van der Waals surface area contributed by atoms with Gasteiger partial charge in [-0.1, -0.05) is 0 Å². The fourth-order valence-corrected chi connectivity index (χ4v) is 1.65. The number of hydrogen-bond donors (Lipinski definition) is 0. The van der Waals surface area contributed by atoms with Crippen molar-refractivity contribution in [3.8, 4) is 0 Å². The van der Waals surface area contributed by atoms with Crippen LogP contribution in [-0.4, -0.2) is 41.7 Å². The van der Waals surface area contributed by atoms with Gasteiger partial charge in [-0.15, -0.1) is 0 Å². The quantitative estimate of drug-likeness (QED) is 0.591. The van der Waals surface area contributed by atoms with Gasteiger partial charge in [0.25, 0.3) is 0 Å². The number of hydrogen-bond acceptors (Lipinski definition) is 3. The predicted octanol–water partition coefficient (Wildman–Crippen LogP) is 0.366. The van der Waals surface area contributed by atoms with Gasteiger partial charge in [-0.05, 0) is 12.8 Å². The number of piperidine rings is 1. The monoisotopic (exact) mass is 184 g/mol. The van der Waals surface area contributed by atoms with Crippen molar-refractivity contribution in [1.29, 1.82) is 0 Å². The summed E-state index contributed by atoms with van der Waals surface area (Å²) in [5.74, 6) is 0.0325. The molecule has 2 fully saturated rings. The van der Waals surface area contributed by atoms with Crippen LogP contribution in [0, 0.1) is 0 Å². The van der Waals surface area contributed by atoms with Gasteiger partial charge in [0.2, 0.25) is 5.91 Å². The molecule has 5 heteroatoms. The van der Waals surface area contributed by atoms with Gasteiger partial charge in [0.05, 0.1) is 6.54 Å². The molecule has 2 saturated heterocycles. The van der Waals surface area contributed by atoms with Crippen LogP contribution >= 0.6 is 0 Å². The Labute approximate surface area is 76.2 Å². The summed E-state index contributed by atoms with van der Waals surface area (Å²) in [7, 11) is 0. The number of amides is 2. The molecule has 0 bridgehead atoms. The van der Waals surface area contributed by atoms with E-state index >= 15 is 0 Å². The van der Waals surface area contributed by atoms with Crippen LogP contribution in [0.2, 0.25) is 0 Å². The fourth-order valence-electron chi connectivity index (χ4n) is 1.65. The maximum absolute atomic E-state index is 11.4. The molecule has 0 N–H and O–H groups in total. The van der Waals surface area contributed by atoms with Crippen LogP contribution in [0.15, 0.2) is 0 Å². The maximum atomic E-state index is 11.4. The predicted molar refractivity (Wildman–Crippen MR) is 43.6 cm³/mol. The van der Waals surface area contributed by atoms with Crippen LogP contribution in [0.5, 0.6) is 0 Å². The van der Waals surface area contributed by atoms with E-state index in [1.54, 1.807) is 0 Å². The molecule has 2 heterocycles. The zero-order valence-electron chi connectivity index (χ0n) is 7.36. The van der Waals surface area contributed by atoms with Gasteiger partial charge in [-0.3, -0.25) is 4.79 Å². The number of carbonyl (C=O) groups excluding carboxylic acids is 2. The summed E-state index contributed by atoms with van der Waals surface area (Å²) < 4.78 is 4.76. The minimum absolute atomic E-state index is 0.0325. The summed E-state index contributed by atoms with van der Waals surface area (Å²) in [6.07, 6.45) is 2.05. The minimum atomic E-state index is -0.393. The van der Waals surface area contributed by atoms with Crippen LogP contribution in [0.4, 0.5) is 4.79 Å². The minimum Gasteiger partial charge on any atom is -0.446 e. The third-order valence-corrected chi connectivity index (χ3v) is 2.33. The second kappa shape index (κ2) is 3.24. The lowest BCUT2D eigenvalue weighted by Crippen LogP contribution is -2.49. The lowest BCUT2D eigenvalue weighted by molar-refractivity contribution is -0.146. The molecule has 0 aromatic carbocycles. The van der Waals surface area contributed by atoms with Crippen LogP contribution < -0.4 is 0 Å². The van der Waals surface area contributed by atoms with E-state index < -0.39 is 6.09 Å². The highest BCUT2D eigenvalue weighted by Crippen LogP contribution is 2.16.